The van der Waals surface area contributed by atoms with E-state index in [1.807, 2.05) is 0 Å². The van der Waals surface area contributed by atoms with E-state index in [1.54, 1.807) is 7.11 Å². The number of thiocarbonyl (C=S) groups is 1. The molecule has 1 fully saturated rings. The van der Waals surface area contributed by atoms with Gasteiger partial charge in [0, 0.05) is 19.7 Å². The summed E-state index contributed by atoms with van der Waals surface area (Å²) in [7, 11) is 1.69. The van der Waals surface area contributed by atoms with Crippen LogP contribution >= 0.6 is 12.2 Å². The molecule has 1 aliphatic rings. The average molecular weight is 230 g/mol. The Morgan fingerprint density at radius 2 is 2.27 bits per heavy atom. The van der Waals surface area contributed by atoms with Gasteiger partial charge in [-0.2, -0.15) is 0 Å². The van der Waals surface area contributed by atoms with Gasteiger partial charge in [0.25, 0.3) is 0 Å². The first-order chi connectivity index (χ1) is 7.26. The van der Waals surface area contributed by atoms with Gasteiger partial charge in [0.2, 0.25) is 0 Å². The Balaban J connectivity index is 2.09. The molecule has 0 aromatic heterocycles. The van der Waals surface area contributed by atoms with Crippen molar-refractivity contribution in [1.29, 1.82) is 0 Å². The zero-order valence-corrected chi connectivity index (χ0v) is 10.5. The maximum atomic E-state index is 5.21. The average Bonchev–Trinajstić information content (AvgIpc) is 3.01. The van der Waals surface area contributed by atoms with Crippen LogP contribution in [0.2, 0.25) is 0 Å². The topological polar surface area (TPSA) is 33.3 Å². The van der Waals surface area contributed by atoms with E-state index in [0.29, 0.717) is 12.6 Å². The zero-order chi connectivity index (χ0) is 11.1. The molecule has 0 spiro atoms. The molecule has 4 heteroatoms. The Morgan fingerprint density at radius 1 is 1.53 bits per heavy atom. The van der Waals surface area contributed by atoms with Crippen LogP contribution in [0.4, 0.5) is 0 Å². The fourth-order valence-electron chi connectivity index (χ4n) is 1.59. The fraction of sp³-hybridized carbons (Fsp3) is 0.909. The van der Waals surface area contributed by atoms with E-state index in [-0.39, 0.29) is 0 Å². The third kappa shape index (κ3) is 5.95. The first kappa shape index (κ1) is 12.7. The SMILES string of the molecule is CCC(CC1CC1)NC(=S)NCCOC. The van der Waals surface area contributed by atoms with Crippen molar-refractivity contribution in [3.05, 3.63) is 0 Å². The van der Waals surface area contributed by atoms with Crippen LogP contribution in [0.1, 0.15) is 32.6 Å². The number of hydrogen-bond acceptors (Lipinski definition) is 2. The second-order valence-corrected chi connectivity index (χ2v) is 4.59. The second kappa shape index (κ2) is 7.01. The van der Waals surface area contributed by atoms with Gasteiger partial charge >= 0.3 is 0 Å². The van der Waals surface area contributed by atoms with E-state index in [4.69, 9.17) is 17.0 Å². The summed E-state index contributed by atoms with van der Waals surface area (Å²) in [5.74, 6) is 0.948. The molecule has 2 N–H and O–H groups in total. The number of methoxy groups -OCH3 is 1. The zero-order valence-electron chi connectivity index (χ0n) is 9.71. The van der Waals surface area contributed by atoms with Gasteiger partial charge in [-0.1, -0.05) is 19.8 Å². The van der Waals surface area contributed by atoms with Gasteiger partial charge in [-0.3, -0.25) is 0 Å². The Labute approximate surface area is 98.0 Å². The molecule has 0 heterocycles. The summed E-state index contributed by atoms with van der Waals surface area (Å²) in [4.78, 5) is 0. The Morgan fingerprint density at radius 3 is 2.80 bits per heavy atom. The lowest BCUT2D eigenvalue weighted by molar-refractivity contribution is 0.203. The highest BCUT2D eigenvalue weighted by atomic mass is 32.1. The predicted octanol–water partition coefficient (Wildman–Crippen LogP) is 1.68. The molecule has 0 aromatic carbocycles. The lowest BCUT2D eigenvalue weighted by Crippen LogP contribution is -2.42. The minimum atomic E-state index is 0.542. The van der Waals surface area contributed by atoms with Crippen LogP contribution in [0.3, 0.4) is 0 Å². The van der Waals surface area contributed by atoms with Crippen molar-refractivity contribution in [2.45, 2.75) is 38.6 Å². The minimum Gasteiger partial charge on any atom is -0.383 e. The van der Waals surface area contributed by atoms with Crippen LogP contribution in [-0.2, 0) is 4.74 Å². The maximum absolute atomic E-state index is 5.21. The van der Waals surface area contributed by atoms with E-state index in [2.05, 4.69) is 17.6 Å². The first-order valence-corrected chi connectivity index (χ1v) is 6.20. The lowest BCUT2D eigenvalue weighted by Gasteiger charge is -2.19. The van der Waals surface area contributed by atoms with Crippen molar-refractivity contribution in [3.8, 4) is 0 Å². The van der Waals surface area contributed by atoms with Crippen molar-refractivity contribution < 1.29 is 4.74 Å². The van der Waals surface area contributed by atoms with Crippen molar-refractivity contribution in [2.75, 3.05) is 20.3 Å². The van der Waals surface area contributed by atoms with Gasteiger partial charge in [-0.15, -0.1) is 0 Å². The van der Waals surface area contributed by atoms with Crippen molar-refractivity contribution in [2.24, 2.45) is 5.92 Å². The van der Waals surface area contributed by atoms with Crippen molar-refractivity contribution in [3.63, 3.8) is 0 Å². The molecule has 1 atom stereocenters. The molecule has 0 saturated heterocycles. The largest absolute Gasteiger partial charge is 0.383 e. The summed E-state index contributed by atoms with van der Waals surface area (Å²) in [5, 5.41) is 7.26. The quantitative estimate of drug-likeness (QED) is 0.515. The van der Waals surface area contributed by atoms with E-state index in [9.17, 15) is 0 Å². The molecule has 88 valence electrons. The predicted molar refractivity (Wildman–Crippen MR) is 67.0 cm³/mol. The molecule has 0 amide bonds. The molecule has 0 radical (unpaired) electrons. The van der Waals surface area contributed by atoms with E-state index >= 15 is 0 Å². The standard InChI is InChI=1S/C11H22N2OS/c1-3-10(8-9-4-5-9)13-11(15)12-6-7-14-2/h9-10H,3-8H2,1-2H3,(H2,12,13,15). The van der Waals surface area contributed by atoms with Crippen molar-refractivity contribution >= 4 is 17.3 Å². The van der Waals surface area contributed by atoms with Crippen LogP contribution in [0.15, 0.2) is 0 Å². The fourth-order valence-corrected chi connectivity index (χ4v) is 1.86. The molecule has 1 saturated carbocycles. The molecule has 0 aliphatic heterocycles. The smallest absolute Gasteiger partial charge is 0.166 e. The van der Waals surface area contributed by atoms with Gasteiger partial charge in [0.15, 0.2) is 5.11 Å². The summed E-state index contributed by atoms with van der Waals surface area (Å²) >= 11 is 5.21. The van der Waals surface area contributed by atoms with E-state index in [1.165, 1.54) is 19.3 Å². The first-order valence-electron chi connectivity index (χ1n) is 5.79. The van der Waals surface area contributed by atoms with Crippen LogP contribution in [-0.4, -0.2) is 31.4 Å². The highest BCUT2D eigenvalue weighted by molar-refractivity contribution is 7.80. The Bertz CT molecular complexity index is 195. The molecule has 15 heavy (non-hydrogen) atoms. The molecule has 1 rings (SSSR count). The summed E-state index contributed by atoms with van der Waals surface area (Å²) in [6, 6.07) is 0.542. The third-order valence-corrected chi connectivity index (χ3v) is 3.00. The van der Waals surface area contributed by atoms with Crippen LogP contribution < -0.4 is 10.6 Å². The normalized spacial score (nSPS) is 17.2. The molecule has 0 bridgehead atoms. The minimum absolute atomic E-state index is 0.542. The van der Waals surface area contributed by atoms with Gasteiger partial charge in [-0.05, 0) is 31.0 Å². The number of rotatable bonds is 7. The highest BCUT2D eigenvalue weighted by Crippen LogP contribution is 2.33. The summed E-state index contributed by atoms with van der Waals surface area (Å²) < 4.78 is 4.95. The number of nitrogens with one attached hydrogen (secondary N) is 2. The lowest BCUT2D eigenvalue weighted by atomic mass is 10.1. The van der Waals surface area contributed by atoms with Gasteiger partial charge in [0.05, 0.1) is 6.61 Å². The van der Waals surface area contributed by atoms with Crippen LogP contribution in [0.5, 0.6) is 0 Å². The van der Waals surface area contributed by atoms with Crippen molar-refractivity contribution in [1.82, 2.24) is 10.6 Å². The molecular formula is C11H22N2OS. The van der Waals surface area contributed by atoms with Gasteiger partial charge in [0.1, 0.15) is 0 Å². The summed E-state index contributed by atoms with van der Waals surface area (Å²) in [6.07, 6.45) is 5.22. The van der Waals surface area contributed by atoms with Gasteiger partial charge < -0.3 is 15.4 Å². The summed E-state index contributed by atoms with van der Waals surface area (Å²) in [5.41, 5.74) is 0. The Hall–Kier alpha value is -0.350. The molecule has 0 aromatic rings. The highest BCUT2D eigenvalue weighted by Gasteiger charge is 2.24. The maximum Gasteiger partial charge on any atom is 0.166 e. The summed E-state index contributed by atoms with van der Waals surface area (Å²) in [6.45, 7) is 3.68. The molecule has 1 aliphatic carbocycles. The van der Waals surface area contributed by atoms with Gasteiger partial charge in [-0.25, -0.2) is 0 Å². The monoisotopic (exact) mass is 230 g/mol. The Kier molecular flexibility index (Phi) is 5.95. The third-order valence-electron chi connectivity index (χ3n) is 2.73. The number of ether oxygens (including phenoxy) is 1. The number of hydrogen-bond donors (Lipinski definition) is 2. The second-order valence-electron chi connectivity index (χ2n) is 4.18. The molecule has 3 nitrogen and oxygen atoms in total. The van der Waals surface area contributed by atoms with E-state index < -0.39 is 0 Å². The van der Waals surface area contributed by atoms with E-state index in [0.717, 1.165) is 24.0 Å². The molecule has 1 unspecified atom stereocenters. The van der Waals surface area contributed by atoms with Crippen LogP contribution in [0, 0.1) is 5.92 Å². The molecular weight excluding hydrogens is 208 g/mol. The van der Waals surface area contributed by atoms with Crippen LogP contribution in [0.25, 0.3) is 0 Å².